The van der Waals surface area contributed by atoms with E-state index in [1.165, 1.54) is 38.1 Å². The molecule has 0 spiro atoms. The van der Waals surface area contributed by atoms with E-state index in [4.69, 9.17) is 0 Å². The van der Waals surface area contributed by atoms with E-state index in [2.05, 4.69) is 20.1 Å². The number of halogens is 5. The maximum Gasteiger partial charge on any atom is 0.435 e. The third-order valence-electron chi connectivity index (χ3n) is 4.07. The Hall–Kier alpha value is -3.02. The molecule has 0 bridgehead atoms. The van der Waals surface area contributed by atoms with E-state index in [1.807, 2.05) is 0 Å². The fourth-order valence-electron chi connectivity index (χ4n) is 2.61. The highest BCUT2D eigenvalue weighted by atomic mass is 32.1. The van der Waals surface area contributed by atoms with Gasteiger partial charge in [0.05, 0.1) is 5.69 Å². The number of nitrogens with zero attached hydrogens (tertiary/aromatic N) is 3. The minimum atomic E-state index is -4.60. The highest BCUT2D eigenvalue weighted by molar-refractivity contribution is 7.14. The minimum absolute atomic E-state index is 0.000788. The van der Waals surface area contributed by atoms with Crippen LogP contribution in [0.2, 0.25) is 0 Å². The number of aryl methyl sites for hydroxylation is 1. The van der Waals surface area contributed by atoms with Gasteiger partial charge in [0.25, 0.3) is 5.91 Å². The molecule has 3 aromatic rings. The van der Waals surface area contributed by atoms with E-state index in [-0.39, 0.29) is 16.6 Å². The van der Waals surface area contributed by atoms with Crippen molar-refractivity contribution >= 4 is 22.4 Å². The predicted octanol–water partition coefficient (Wildman–Crippen LogP) is 5.13. The molecule has 2 heterocycles. The van der Waals surface area contributed by atoms with Crippen LogP contribution in [0, 0.1) is 6.92 Å². The topological polar surface area (TPSA) is 69.0 Å². The van der Waals surface area contributed by atoms with Crippen LogP contribution < -0.4 is 10.1 Å². The number of ether oxygens (including phenoxy) is 1. The van der Waals surface area contributed by atoms with Crippen LogP contribution in [0.15, 0.2) is 35.7 Å². The number of hydrogen-bond donors (Lipinski definition) is 1. The number of carbonyl (C=O) groups excluding carboxylic acids is 1. The zero-order valence-electron chi connectivity index (χ0n) is 15.6. The first-order valence-corrected chi connectivity index (χ1v) is 9.37. The summed E-state index contributed by atoms with van der Waals surface area (Å²) in [6.07, 6.45) is -4.60. The lowest BCUT2D eigenvalue weighted by atomic mass is 10.2. The fourth-order valence-corrected chi connectivity index (χ4v) is 3.33. The van der Waals surface area contributed by atoms with Gasteiger partial charge in [-0.1, -0.05) is 0 Å². The normalized spacial score (nSPS) is 12.8. The van der Waals surface area contributed by atoms with Crippen LogP contribution in [-0.2, 0) is 11.0 Å². The molecule has 1 amide bonds. The molecule has 0 saturated heterocycles. The highest BCUT2D eigenvalue weighted by Crippen LogP contribution is 2.30. The third kappa shape index (κ3) is 4.93. The number of carbonyl (C=O) groups is 1. The van der Waals surface area contributed by atoms with Gasteiger partial charge in [-0.2, -0.15) is 27.1 Å². The average molecular weight is 446 g/mol. The first-order valence-electron chi connectivity index (χ1n) is 8.49. The van der Waals surface area contributed by atoms with E-state index in [0.29, 0.717) is 11.3 Å². The van der Waals surface area contributed by atoms with Crippen LogP contribution >= 0.6 is 11.3 Å². The third-order valence-corrected chi connectivity index (χ3v) is 4.83. The second-order valence-corrected chi connectivity index (χ2v) is 7.08. The molecule has 0 saturated carbocycles. The molecule has 0 aliphatic heterocycles. The fraction of sp³-hybridized carbons (Fsp3) is 0.278. The van der Waals surface area contributed by atoms with E-state index in [9.17, 15) is 26.7 Å². The molecule has 1 unspecified atom stereocenters. The summed E-state index contributed by atoms with van der Waals surface area (Å²) in [5.74, 6) is -0.587. The van der Waals surface area contributed by atoms with Gasteiger partial charge in [0.1, 0.15) is 11.8 Å². The molecule has 1 aromatic carbocycles. The second kappa shape index (κ2) is 8.38. The Morgan fingerprint density at radius 3 is 2.47 bits per heavy atom. The summed E-state index contributed by atoms with van der Waals surface area (Å²) < 4.78 is 68.1. The van der Waals surface area contributed by atoms with Crippen molar-refractivity contribution in [3.05, 3.63) is 47.1 Å². The summed E-state index contributed by atoms with van der Waals surface area (Å²) in [6, 6.07) is 5.66. The van der Waals surface area contributed by atoms with Crippen LogP contribution in [0.3, 0.4) is 0 Å². The number of nitrogens with one attached hydrogen (secondary N) is 1. The first-order chi connectivity index (χ1) is 14.0. The number of alkyl halides is 5. The van der Waals surface area contributed by atoms with Gasteiger partial charge in [0, 0.05) is 16.6 Å². The maximum absolute atomic E-state index is 12.8. The number of rotatable bonds is 6. The predicted molar refractivity (Wildman–Crippen MR) is 99.5 cm³/mol. The summed E-state index contributed by atoms with van der Waals surface area (Å²) >= 11 is 1.11. The van der Waals surface area contributed by atoms with Crippen molar-refractivity contribution in [1.82, 2.24) is 14.8 Å². The van der Waals surface area contributed by atoms with Gasteiger partial charge < -0.3 is 10.1 Å². The molecule has 0 aliphatic rings. The molecule has 6 nitrogen and oxygen atoms in total. The Kier molecular flexibility index (Phi) is 6.06. The van der Waals surface area contributed by atoms with Gasteiger partial charge in [-0.25, -0.2) is 4.98 Å². The van der Waals surface area contributed by atoms with Crippen molar-refractivity contribution in [1.29, 1.82) is 0 Å². The zero-order chi connectivity index (χ0) is 22.1. The summed E-state index contributed by atoms with van der Waals surface area (Å²) in [5.41, 5.74) is 0.215. The van der Waals surface area contributed by atoms with Crippen molar-refractivity contribution < 1.29 is 31.5 Å². The number of amides is 1. The lowest BCUT2D eigenvalue weighted by molar-refractivity contribution is -0.141. The molecule has 0 fully saturated rings. The van der Waals surface area contributed by atoms with Gasteiger partial charge in [0.2, 0.25) is 0 Å². The quantitative estimate of drug-likeness (QED) is 0.533. The summed E-state index contributed by atoms with van der Waals surface area (Å²) in [4.78, 5) is 16.7. The van der Waals surface area contributed by atoms with Crippen LogP contribution in [0.1, 0.15) is 24.4 Å². The Morgan fingerprint density at radius 1 is 1.23 bits per heavy atom. The maximum atomic E-state index is 12.8. The van der Waals surface area contributed by atoms with Crippen LogP contribution in [0.25, 0.3) is 11.3 Å². The molecular formula is C18H15F5N4O2S. The molecule has 3 rings (SSSR count). The van der Waals surface area contributed by atoms with Gasteiger partial charge in [0.15, 0.2) is 10.8 Å². The Labute approximate surface area is 171 Å². The van der Waals surface area contributed by atoms with Crippen molar-refractivity contribution in [2.75, 3.05) is 5.32 Å². The molecule has 1 N–H and O–H groups in total. The molecule has 1 atom stereocenters. The molecule has 30 heavy (non-hydrogen) atoms. The van der Waals surface area contributed by atoms with E-state index in [0.717, 1.165) is 22.1 Å². The number of hydrogen-bond acceptors (Lipinski definition) is 5. The van der Waals surface area contributed by atoms with Crippen molar-refractivity contribution in [3.63, 3.8) is 0 Å². The lowest BCUT2D eigenvalue weighted by Crippen LogP contribution is -2.25. The number of anilines is 1. The Bertz CT molecular complexity index is 1030. The van der Waals surface area contributed by atoms with Crippen molar-refractivity contribution in [2.45, 2.75) is 32.7 Å². The smallest absolute Gasteiger partial charge is 0.435 e. The molecule has 2 aromatic heterocycles. The number of aromatic nitrogens is 3. The van der Waals surface area contributed by atoms with Crippen LogP contribution in [0.4, 0.5) is 27.1 Å². The van der Waals surface area contributed by atoms with Crippen molar-refractivity contribution in [2.24, 2.45) is 0 Å². The molecule has 160 valence electrons. The van der Waals surface area contributed by atoms with Crippen LogP contribution in [-0.4, -0.2) is 27.3 Å². The molecular weight excluding hydrogens is 431 g/mol. The van der Waals surface area contributed by atoms with Gasteiger partial charge in [-0.15, -0.1) is 11.3 Å². The summed E-state index contributed by atoms with van der Waals surface area (Å²) in [7, 11) is 0. The van der Waals surface area contributed by atoms with E-state index >= 15 is 0 Å². The molecule has 0 aliphatic carbocycles. The minimum Gasteiger partial charge on any atom is -0.435 e. The highest BCUT2D eigenvalue weighted by Gasteiger charge is 2.35. The average Bonchev–Trinajstić information content (AvgIpc) is 3.27. The van der Waals surface area contributed by atoms with Gasteiger partial charge in [-0.3, -0.25) is 9.48 Å². The molecule has 0 radical (unpaired) electrons. The van der Waals surface area contributed by atoms with Gasteiger partial charge >= 0.3 is 12.8 Å². The number of benzene rings is 1. The number of thiazole rings is 1. The summed E-state index contributed by atoms with van der Waals surface area (Å²) in [5, 5.41) is 7.89. The monoisotopic (exact) mass is 446 g/mol. The Morgan fingerprint density at radius 2 is 1.90 bits per heavy atom. The zero-order valence-corrected chi connectivity index (χ0v) is 16.4. The molecule has 12 heteroatoms. The van der Waals surface area contributed by atoms with E-state index in [1.54, 1.807) is 5.38 Å². The van der Waals surface area contributed by atoms with Crippen molar-refractivity contribution in [3.8, 4) is 17.0 Å². The second-order valence-electron chi connectivity index (χ2n) is 6.22. The largest absolute Gasteiger partial charge is 0.435 e. The van der Waals surface area contributed by atoms with Gasteiger partial charge in [-0.05, 0) is 44.2 Å². The standard InChI is InChI=1S/C18H15F5N4O2S/c1-9-7-14(18(21,22)23)26-27(9)10(2)15(28)25-17-24-13(8-30-17)11-3-5-12(6-4-11)29-16(19)20/h3-8,10,16H,1-2H3,(H,24,25,28). The lowest BCUT2D eigenvalue weighted by Gasteiger charge is -2.13. The summed E-state index contributed by atoms with van der Waals surface area (Å²) in [6.45, 7) is -0.0784. The first kappa shape index (κ1) is 21.7. The van der Waals surface area contributed by atoms with E-state index < -0.39 is 30.4 Å². The SMILES string of the molecule is Cc1cc(C(F)(F)F)nn1C(C)C(=O)Nc1nc(-c2ccc(OC(F)F)cc2)cs1. The van der Waals surface area contributed by atoms with Crippen LogP contribution in [0.5, 0.6) is 5.75 Å². The Balaban J connectivity index is 1.70.